The highest BCUT2D eigenvalue weighted by atomic mass is 16.6. The molecular formula is C13H14N2O5. The molecule has 1 heterocycles. The molecule has 0 N–H and O–H groups in total. The summed E-state index contributed by atoms with van der Waals surface area (Å²) in [5.41, 5.74) is 0.0537. The van der Waals surface area contributed by atoms with Crippen LogP contribution in [0.25, 0.3) is 0 Å². The van der Waals surface area contributed by atoms with Gasteiger partial charge in [0.1, 0.15) is 5.41 Å². The Morgan fingerprint density at radius 2 is 2.15 bits per heavy atom. The van der Waals surface area contributed by atoms with E-state index in [0.717, 1.165) is 0 Å². The van der Waals surface area contributed by atoms with Crippen LogP contribution in [0.1, 0.15) is 22.8 Å². The molecule has 0 fully saturated rings. The van der Waals surface area contributed by atoms with Gasteiger partial charge in [0.05, 0.1) is 12.7 Å². The number of amides is 1. The maximum absolute atomic E-state index is 12.3. The number of rotatable bonds is 3. The lowest BCUT2D eigenvalue weighted by molar-refractivity contribution is -0.487. The molecule has 1 aliphatic rings. The Balaban J connectivity index is 2.58. The van der Waals surface area contributed by atoms with Crippen molar-refractivity contribution in [3.8, 4) is 0 Å². The maximum atomic E-state index is 12.3. The molecule has 1 aromatic rings. The molecule has 0 unspecified atom stereocenters. The maximum Gasteiger partial charge on any atom is 0.337 e. The van der Waals surface area contributed by atoms with Crippen LogP contribution in [0.15, 0.2) is 18.2 Å². The van der Waals surface area contributed by atoms with Gasteiger partial charge in [-0.3, -0.25) is 14.9 Å². The molecule has 0 aromatic heterocycles. The highest BCUT2D eigenvalue weighted by molar-refractivity contribution is 6.08. The molecule has 0 aliphatic carbocycles. The van der Waals surface area contributed by atoms with Crippen molar-refractivity contribution in [1.29, 1.82) is 0 Å². The average Bonchev–Trinajstić information content (AvgIpc) is 2.59. The monoisotopic (exact) mass is 278 g/mol. The number of ether oxygens (including phenoxy) is 1. The van der Waals surface area contributed by atoms with Crippen LogP contribution < -0.4 is 4.90 Å². The third kappa shape index (κ3) is 1.91. The number of nitro groups is 1. The zero-order chi connectivity index (χ0) is 15.1. The first-order valence-corrected chi connectivity index (χ1v) is 5.94. The van der Waals surface area contributed by atoms with Crippen molar-refractivity contribution in [2.24, 2.45) is 0 Å². The Kier molecular flexibility index (Phi) is 3.21. The molecule has 1 aliphatic heterocycles. The topological polar surface area (TPSA) is 89.7 Å². The largest absolute Gasteiger partial charge is 0.465 e. The highest BCUT2D eigenvalue weighted by Crippen LogP contribution is 2.41. The van der Waals surface area contributed by atoms with E-state index in [2.05, 4.69) is 4.74 Å². The van der Waals surface area contributed by atoms with Crippen LogP contribution in [0.4, 0.5) is 5.69 Å². The number of methoxy groups -OCH3 is 1. The summed E-state index contributed by atoms with van der Waals surface area (Å²) < 4.78 is 4.63. The fraction of sp³-hybridized carbons (Fsp3) is 0.385. The lowest BCUT2D eigenvalue weighted by Crippen LogP contribution is -2.41. The Hall–Kier alpha value is -2.44. The van der Waals surface area contributed by atoms with Gasteiger partial charge in [-0.15, -0.1) is 0 Å². The molecule has 0 saturated carbocycles. The van der Waals surface area contributed by atoms with Crippen molar-refractivity contribution >= 4 is 17.6 Å². The molecule has 20 heavy (non-hydrogen) atoms. The number of likely N-dealkylation sites (N-methyl/N-ethyl adjacent to an activating group) is 1. The summed E-state index contributed by atoms with van der Waals surface area (Å²) in [7, 11) is 2.81. The number of hydrogen-bond acceptors (Lipinski definition) is 5. The van der Waals surface area contributed by atoms with Crippen LogP contribution in [0.2, 0.25) is 0 Å². The van der Waals surface area contributed by atoms with Crippen LogP contribution >= 0.6 is 0 Å². The SMILES string of the molecule is COC(=O)c1ccc2c(c1)[C@@](C)(C[N+](=O)[O-])C(=O)N2C. The first-order valence-electron chi connectivity index (χ1n) is 5.94. The summed E-state index contributed by atoms with van der Waals surface area (Å²) in [5.74, 6) is -0.899. The number of benzene rings is 1. The van der Waals surface area contributed by atoms with E-state index >= 15 is 0 Å². The predicted octanol–water partition coefficient (Wildman–Crippen LogP) is 0.984. The standard InChI is InChI=1S/C13H14N2O5/c1-13(7-15(18)19)9-6-8(11(16)20-3)4-5-10(9)14(2)12(13)17/h4-6H,7H2,1-3H3/t13-/m1/s1. The molecule has 1 aromatic carbocycles. The van der Waals surface area contributed by atoms with Crippen LogP contribution in [-0.2, 0) is 14.9 Å². The van der Waals surface area contributed by atoms with Gasteiger partial charge < -0.3 is 9.64 Å². The van der Waals surface area contributed by atoms with Gasteiger partial charge in [-0.1, -0.05) is 0 Å². The van der Waals surface area contributed by atoms with Gasteiger partial charge in [-0.25, -0.2) is 4.79 Å². The molecule has 0 spiro atoms. The lowest BCUT2D eigenvalue weighted by atomic mass is 9.83. The summed E-state index contributed by atoms with van der Waals surface area (Å²) in [4.78, 5) is 35.5. The van der Waals surface area contributed by atoms with Crippen molar-refractivity contribution < 1.29 is 19.2 Å². The number of carbonyl (C=O) groups excluding carboxylic acids is 2. The van der Waals surface area contributed by atoms with E-state index in [1.54, 1.807) is 13.1 Å². The fourth-order valence-corrected chi connectivity index (χ4v) is 2.52. The molecule has 1 atom stereocenters. The van der Waals surface area contributed by atoms with Gasteiger partial charge in [-0.2, -0.15) is 0 Å². The first-order chi connectivity index (χ1) is 9.31. The molecular weight excluding hydrogens is 264 g/mol. The predicted molar refractivity (Wildman–Crippen MR) is 70.4 cm³/mol. The van der Waals surface area contributed by atoms with E-state index < -0.39 is 22.9 Å². The van der Waals surface area contributed by atoms with Gasteiger partial charge in [0, 0.05) is 17.7 Å². The van der Waals surface area contributed by atoms with E-state index in [0.29, 0.717) is 11.3 Å². The second kappa shape index (κ2) is 4.59. The van der Waals surface area contributed by atoms with Gasteiger partial charge in [0.2, 0.25) is 12.5 Å². The summed E-state index contributed by atoms with van der Waals surface area (Å²) in [6.45, 7) is 0.995. The van der Waals surface area contributed by atoms with E-state index in [9.17, 15) is 19.7 Å². The summed E-state index contributed by atoms with van der Waals surface area (Å²) in [5, 5.41) is 10.8. The first kappa shape index (κ1) is 14.0. The quantitative estimate of drug-likeness (QED) is 0.467. The molecule has 7 nitrogen and oxygen atoms in total. The number of esters is 1. The molecule has 1 amide bonds. The smallest absolute Gasteiger partial charge is 0.337 e. The van der Waals surface area contributed by atoms with E-state index in [1.807, 2.05) is 0 Å². The van der Waals surface area contributed by atoms with Crippen molar-refractivity contribution in [2.75, 3.05) is 25.6 Å². The van der Waals surface area contributed by atoms with Crippen LogP contribution in [0.3, 0.4) is 0 Å². The minimum atomic E-state index is -1.27. The van der Waals surface area contributed by atoms with Crippen molar-refractivity contribution in [2.45, 2.75) is 12.3 Å². The van der Waals surface area contributed by atoms with Crippen LogP contribution in [-0.4, -0.2) is 37.5 Å². The second-order valence-electron chi connectivity index (χ2n) is 4.91. The van der Waals surface area contributed by atoms with Gasteiger partial charge in [0.15, 0.2) is 0 Å². The number of anilines is 1. The van der Waals surface area contributed by atoms with E-state index in [4.69, 9.17) is 0 Å². The molecule has 0 radical (unpaired) electrons. The third-order valence-corrected chi connectivity index (χ3v) is 3.60. The van der Waals surface area contributed by atoms with Gasteiger partial charge in [-0.05, 0) is 30.7 Å². The minimum absolute atomic E-state index is 0.268. The van der Waals surface area contributed by atoms with Crippen LogP contribution in [0, 0.1) is 10.1 Å². The Morgan fingerprint density at radius 3 is 2.70 bits per heavy atom. The highest BCUT2D eigenvalue weighted by Gasteiger charge is 2.50. The zero-order valence-electron chi connectivity index (χ0n) is 11.4. The molecule has 0 saturated heterocycles. The molecule has 2 rings (SSSR count). The average molecular weight is 278 g/mol. The zero-order valence-corrected chi connectivity index (χ0v) is 11.4. The van der Waals surface area contributed by atoms with Gasteiger partial charge >= 0.3 is 5.97 Å². The fourth-order valence-electron chi connectivity index (χ4n) is 2.52. The van der Waals surface area contributed by atoms with Crippen molar-refractivity contribution in [1.82, 2.24) is 0 Å². The van der Waals surface area contributed by atoms with Crippen LogP contribution in [0.5, 0.6) is 0 Å². The Bertz CT molecular complexity index is 613. The van der Waals surface area contributed by atoms with E-state index in [1.165, 1.54) is 31.1 Å². The second-order valence-corrected chi connectivity index (χ2v) is 4.91. The number of hydrogen-bond donors (Lipinski definition) is 0. The lowest BCUT2D eigenvalue weighted by Gasteiger charge is -2.18. The Morgan fingerprint density at radius 1 is 1.50 bits per heavy atom. The number of nitrogens with zero attached hydrogens (tertiary/aromatic N) is 2. The van der Waals surface area contributed by atoms with Gasteiger partial charge in [0.25, 0.3) is 0 Å². The summed E-state index contributed by atoms with van der Waals surface area (Å²) in [6.07, 6.45) is 0. The number of carbonyl (C=O) groups is 2. The van der Waals surface area contributed by atoms with Crippen molar-refractivity contribution in [3.63, 3.8) is 0 Å². The Labute approximate surface area is 115 Å². The molecule has 106 valence electrons. The third-order valence-electron chi connectivity index (χ3n) is 3.60. The van der Waals surface area contributed by atoms with E-state index in [-0.39, 0.29) is 11.5 Å². The summed E-state index contributed by atoms with van der Waals surface area (Å²) in [6, 6.07) is 4.63. The number of fused-ring (bicyclic) bond motifs is 1. The normalized spacial score (nSPS) is 20.8. The minimum Gasteiger partial charge on any atom is -0.465 e. The van der Waals surface area contributed by atoms with Crippen molar-refractivity contribution in [3.05, 3.63) is 39.4 Å². The summed E-state index contributed by atoms with van der Waals surface area (Å²) >= 11 is 0. The molecule has 0 bridgehead atoms. The molecule has 7 heteroatoms.